The first kappa shape index (κ1) is 13.0. The van der Waals surface area contributed by atoms with Crippen LogP contribution in [0.4, 0.5) is 4.39 Å². The summed E-state index contributed by atoms with van der Waals surface area (Å²) >= 11 is 0. The number of hydrogen-bond acceptors (Lipinski definition) is 2. The average Bonchev–Trinajstić information content (AvgIpc) is 2.82. The molecule has 3 nitrogen and oxygen atoms in total. The minimum Gasteiger partial charge on any atom is -0.481 e. The van der Waals surface area contributed by atoms with Gasteiger partial charge in [0.2, 0.25) is 0 Å². The highest BCUT2D eigenvalue weighted by Gasteiger charge is 2.14. The Bertz CT molecular complexity index is 428. The second-order valence-electron chi connectivity index (χ2n) is 4.80. The highest BCUT2D eigenvalue weighted by atomic mass is 19.1. The number of halogens is 1. The Morgan fingerprint density at radius 3 is 2.67 bits per heavy atom. The van der Waals surface area contributed by atoms with E-state index in [9.17, 15) is 9.18 Å². The van der Waals surface area contributed by atoms with Gasteiger partial charge >= 0.3 is 5.97 Å². The Labute approximate surface area is 106 Å². The summed E-state index contributed by atoms with van der Waals surface area (Å²) in [6, 6.07) is 5.08. The molecule has 98 valence electrons. The standard InChI is InChI=1S/C14H18FNO2/c15-13-9-11(4-6-14(17)18)3-5-12(13)10-16-7-1-2-8-16/h3,5,9H,1-2,4,6-8,10H2,(H,17,18). The van der Waals surface area contributed by atoms with E-state index >= 15 is 0 Å². The lowest BCUT2D eigenvalue weighted by atomic mass is 10.1. The average molecular weight is 251 g/mol. The molecule has 1 heterocycles. The molecule has 1 aliphatic rings. The number of likely N-dealkylation sites (tertiary alicyclic amines) is 1. The van der Waals surface area contributed by atoms with E-state index in [-0.39, 0.29) is 12.2 Å². The maximum absolute atomic E-state index is 13.9. The summed E-state index contributed by atoms with van der Waals surface area (Å²) in [7, 11) is 0. The van der Waals surface area contributed by atoms with Gasteiger partial charge in [-0.2, -0.15) is 0 Å². The third-order valence-electron chi connectivity index (χ3n) is 3.34. The van der Waals surface area contributed by atoms with Gasteiger partial charge in [0, 0.05) is 18.5 Å². The van der Waals surface area contributed by atoms with Crippen molar-refractivity contribution >= 4 is 5.97 Å². The van der Waals surface area contributed by atoms with E-state index in [0.717, 1.165) is 18.7 Å². The van der Waals surface area contributed by atoms with Crippen LogP contribution in [-0.4, -0.2) is 29.1 Å². The summed E-state index contributed by atoms with van der Waals surface area (Å²) < 4.78 is 13.9. The summed E-state index contributed by atoms with van der Waals surface area (Å²) in [5.41, 5.74) is 1.45. The first-order valence-corrected chi connectivity index (χ1v) is 6.36. The predicted octanol–water partition coefficient (Wildman–Crippen LogP) is 2.44. The zero-order valence-electron chi connectivity index (χ0n) is 10.4. The van der Waals surface area contributed by atoms with Crippen molar-refractivity contribution < 1.29 is 14.3 Å². The summed E-state index contributed by atoms with van der Waals surface area (Å²) in [6.07, 6.45) is 2.82. The van der Waals surface area contributed by atoms with Crippen LogP contribution in [0.3, 0.4) is 0 Å². The smallest absolute Gasteiger partial charge is 0.303 e. The van der Waals surface area contributed by atoms with E-state index in [0.29, 0.717) is 18.5 Å². The SMILES string of the molecule is O=C(O)CCc1ccc(CN2CCCC2)c(F)c1. The molecular formula is C14H18FNO2. The molecule has 1 aliphatic heterocycles. The van der Waals surface area contributed by atoms with E-state index in [1.165, 1.54) is 18.9 Å². The topological polar surface area (TPSA) is 40.5 Å². The minimum absolute atomic E-state index is 0.0465. The number of benzene rings is 1. The summed E-state index contributed by atoms with van der Waals surface area (Å²) in [5, 5.41) is 8.59. The second-order valence-corrected chi connectivity index (χ2v) is 4.80. The van der Waals surface area contributed by atoms with Crippen LogP contribution in [0.5, 0.6) is 0 Å². The molecule has 0 aliphatic carbocycles. The number of carboxylic acid groups (broad SMARTS) is 1. The summed E-state index contributed by atoms with van der Waals surface area (Å²) in [4.78, 5) is 12.7. The first-order chi connectivity index (χ1) is 8.65. The molecule has 0 radical (unpaired) electrons. The van der Waals surface area contributed by atoms with Crippen LogP contribution in [0.1, 0.15) is 30.4 Å². The van der Waals surface area contributed by atoms with Gasteiger partial charge in [0.1, 0.15) is 5.82 Å². The van der Waals surface area contributed by atoms with Crippen molar-refractivity contribution in [1.82, 2.24) is 4.90 Å². The van der Waals surface area contributed by atoms with Crippen LogP contribution in [0, 0.1) is 5.82 Å². The normalized spacial score (nSPS) is 16.1. The van der Waals surface area contributed by atoms with Gasteiger partial charge in [-0.05, 0) is 44.0 Å². The molecule has 0 aromatic heterocycles. The Balaban J connectivity index is 1.97. The fourth-order valence-corrected chi connectivity index (χ4v) is 2.31. The van der Waals surface area contributed by atoms with Crippen LogP contribution in [0.2, 0.25) is 0 Å². The van der Waals surface area contributed by atoms with Crippen molar-refractivity contribution in [2.45, 2.75) is 32.2 Å². The molecule has 1 fully saturated rings. The van der Waals surface area contributed by atoms with Crippen molar-refractivity contribution in [3.05, 3.63) is 35.1 Å². The fraction of sp³-hybridized carbons (Fsp3) is 0.500. The highest BCUT2D eigenvalue weighted by molar-refractivity contribution is 5.67. The number of rotatable bonds is 5. The Hall–Kier alpha value is -1.42. The maximum atomic E-state index is 13.9. The molecule has 0 spiro atoms. The summed E-state index contributed by atoms with van der Waals surface area (Å²) in [6.45, 7) is 2.74. The van der Waals surface area contributed by atoms with Gasteiger partial charge in [-0.3, -0.25) is 9.69 Å². The van der Waals surface area contributed by atoms with Gasteiger partial charge < -0.3 is 5.11 Å². The Morgan fingerprint density at radius 1 is 1.33 bits per heavy atom. The zero-order chi connectivity index (χ0) is 13.0. The molecule has 18 heavy (non-hydrogen) atoms. The van der Waals surface area contributed by atoms with Crippen LogP contribution < -0.4 is 0 Å². The number of carbonyl (C=O) groups is 1. The van der Waals surface area contributed by atoms with Crippen LogP contribution in [0.15, 0.2) is 18.2 Å². The van der Waals surface area contributed by atoms with E-state index in [4.69, 9.17) is 5.11 Å². The number of aryl methyl sites for hydroxylation is 1. The van der Waals surface area contributed by atoms with Crippen LogP contribution >= 0.6 is 0 Å². The number of hydrogen-bond donors (Lipinski definition) is 1. The van der Waals surface area contributed by atoms with Crippen molar-refractivity contribution in [3.8, 4) is 0 Å². The van der Waals surface area contributed by atoms with Crippen molar-refractivity contribution in [3.63, 3.8) is 0 Å². The number of aliphatic carboxylic acids is 1. The predicted molar refractivity (Wildman–Crippen MR) is 66.9 cm³/mol. The minimum atomic E-state index is -0.850. The maximum Gasteiger partial charge on any atom is 0.303 e. The molecule has 1 aromatic rings. The van der Waals surface area contributed by atoms with Gasteiger partial charge in [-0.1, -0.05) is 12.1 Å². The van der Waals surface area contributed by atoms with Crippen LogP contribution in [0.25, 0.3) is 0 Å². The molecular weight excluding hydrogens is 233 g/mol. The van der Waals surface area contributed by atoms with Gasteiger partial charge in [0.05, 0.1) is 0 Å². The largest absolute Gasteiger partial charge is 0.481 e. The van der Waals surface area contributed by atoms with Crippen molar-refractivity contribution in [1.29, 1.82) is 0 Å². The molecule has 4 heteroatoms. The molecule has 1 aromatic carbocycles. The molecule has 0 atom stereocenters. The fourth-order valence-electron chi connectivity index (χ4n) is 2.31. The molecule has 1 N–H and O–H groups in total. The quantitative estimate of drug-likeness (QED) is 0.873. The lowest BCUT2D eigenvalue weighted by molar-refractivity contribution is -0.136. The van der Waals surface area contributed by atoms with Crippen LogP contribution in [-0.2, 0) is 17.8 Å². The Morgan fingerprint density at radius 2 is 2.06 bits per heavy atom. The number of carboxylic acids is 1. The summed E-state index contributed by atoms with van der Waals surface area (Å²) in [5.74, 6) is -1.07. The highest BCUT2D eigenvalue weighted by Crippen LogP contribution is 2.17. The molecule has 0 amide bonds. The second kappa shape index (κ2) is 5.96. The zero-order valence-corrected chi connectivity index (χ0v) is 10.4. The van der Waals surface area contributed by atoms with E-state index < -0.39 is 5.97 Å². The lowest BCUT2D eigenvalue weighted by Crippen LogP contribution is -2.19. The van der Waals surface area contributed by atoms with Gasteiger partial charge in [-0.25, -0.2) is 4.39 Å². The van der Waals surface area contributed by atoms with E-state index in [2.05, 4.69) is 4.90 Å². The lowest BCUT2D eigenvalue weighted by Gasteiger charge is -2.15. The molecule has 1 saturated heterocycles. The van der Waals surface area contributed by atoms with Gasteiger partial charge in [0.25, 0.3) is 0 Å². The van der Waals surface area contributed by atoms with Gasteiger partial charge in [0.15, 0.2) is 0 Å². The van der Waals surface area contributed by atoms with E-state index in [1.54, 1.807) is 6.07 Å². The van der Waals surface area contributed by atoms with Crippen molar-refractivity contribution in [2.75, 3.05) is 13.1 Å². The van der Waals surface area contributed by atoms with Crippen molar-refractivity contribution in [2.24, 2.45) is 0 Å². The third kappa shape index (κ3) is 3.53. The van der Waals surface area contributed by atoms with Gasteiger partial charge in [-0.15, -0.1) is 0 Å². The third-order valence-corrected chi connectivity index (χ3v) is 3.34. The molecule has 0 bridgehead atoms. The Kier molecular flexibility index (Phi) is 4.31. The molecule has 2 rings (SSSR count). The number of nitrogens with zero attached hydrogens (tertiary/aromatic N) is 1. The molecule has 0 saturated carbocycles. The monoisotopic (exact) mass is 251 g/mol. The molecule has 0 unspecified atom stereocenters. The van der Waals surface area contributed by atoms with E-state index in [1.807, 2.05) is 6.07 Å². The first-order valence-electron chi connectivity index (χ1n) is 6.36.